The highest BCUT2D eigenvalue weighted by Gasteiger charge is 2.37. The smallest absolute Gasteiger partial charge is 0.237 e. The minimum Gasteiger partial charge on any atom is -0.368 e. The maximum Gasteiger partial charge on any atom is 0.237 e. The summed E-state index contributed by atoms with van der Waals surface area (Å²) in [6.45, 7) is 8.25. The molecule has 2 rings (SSSR count). The number of carbonyl (C=O) groups excluding carboxylic acids is 3. The molecule has 0 aromatic rings. The van der Waals surface area contributed by atoms with Crippen LogP contribution in [0.1, 0.15) is 46.5 Å². The van der Waals surface area contributed by atoms with Gasteiger partial charge in [-0.2, -0.15) is 0 Å². The van der Waals surface area contributed by atoms with Crippen molar-refractivity contribution in [1.29, 1.82) is 0 Å². The van der Waals surface area contributed by atoms with E-state index < -0.39 is 5.91 Å². The lowest BCUT2D eigenvalue weighted by molar-refractivity contribution is -0.136. The molecule has 0 aromatic carbocycles. The molecule has 0 aromatic heterocycles. The molecule has 2 N–H and O–H groups in total. The van der Waals surface area contributed by atoms with Gasteiger partial charge in [0.15, 0.2) is 0 Å². The van der Waals surface area contributed by atoms with E-state index in [1.165, 1.54) is 0 Å². The normalized spacial score (nSPS) is 25.8. The molecule has 2 fully saturated rings. The largest absolute Gasteiger partial charge is 0.368 e. The van der Waals surface area contributed by atoms with E-state index >= 15 is 0 Å². The lowest BCUT2D eigenvalue weighted by Gasteiger charge is -2.38. The number of hydrogen-bond acceptors (Lipinski definition) is 3. The van der Waals surface area contributed by atoms with Gasteiger partial charge >= 0.3 is 0 Å². The van der Waals surface area contributed by atoms with E-state index in [4.69, 9.17) is 5.73 Å². The minimum absolute atomic E-state index is 0.00490. The number of rotatable bonds is 3. The number of amides is 3. The molecule has 3 amide bonds. The molecule has 6 heteroatoms. The van der Waals surface area contributed by atoms with Crippen molar-refractivity contribution in [1.82, 2.24) is 9.80 Å². The summed E-state index contributed by atoms with van der Waals surface area (Å²) < 4.78 is 0. The van der Waals surface area contributed by atoms with Crippen molar-refractivity contribution in [2.75, 3.05) is 26.2 Å². The fourth-order valence-electron chi connectivity index (χ4n) is 3.62. The first-order chi connectivity index (χ1) is 10.7. The Bertz CT molecular complexity index is 484. The van der Waals surface area contributed by atoms with Crippen LogP contribution in [-0.2, 0) is 14.4 Å². The molecule has 23 heavy (non-hydrogen) atoms. The molecule has 2 unspecified atom stereocenters. The van der Waals surface area contributed by atoms with Crippen LogP contribution in [0, 0.1) is 17.3 Å². The highest BCUT2D eigenvalue weighted by molar-refractivity contribution is 5.84. The van der Waals surface area contributed by atoms with Crippen molar-refractivity contribution in [2.24, 2.45) is 23.0 Å². The van der Waals surface area contributed by atoms with Crippen molar-refractivity contribution in [2.45, 2.75) is 46.5 Å². The van der Waals surface area contributed by atoms with Gasteiger partial charge in [-0.1, -0.05) is 20.8 Å². The van der Waals surface area contributed by atoms with Crippen molar-refractivity contribution >= 4 is 17.7 Å². The highest BCUT2D eigenvalue weighted by atomic mass is 16.2. The third-order valence-corrected chi connectivity index (χ3v) is 4.83. The maximum atomic E-state index is 12.4. The number of piperidine rings is 1. The van der Waals surface area contributed by atoms with Gasteiger partial charge in [0.05, 0.1) is 6.54 Å². The molecule has 0 spiro atoms. The number of nitrogens with two attached hydrogens (primary N) is 1. The van der Waals surface area contributed by atoms with E-state index in [0.29, 0.717) is 31.2 Å². The van der Waals surface area contributed by atoms with Gasteiger partial charge in [0.1, 0.15) is 0 Å². The van der Waals surface area contributed by atoms with Gasteiger partial charge in [0, 0.05) is 32.5 Å². The fourth-order valence-corrected chi connectivity index (χ4v) is 3.62. The van der Waals surface area contributed by atoms with Crippen molar-refractivity contribution in [3.63, 3.8) is 0 Å². The Kier molecular flexibility index (Phi) is 5.32. The van der Waals surface area contributed by atoms with Crippen LogP contribution in [0.5, 0.6) is 0 Å². The number of likely N-dealkylation sites (tertiary alicyclic amines) is 2. The van der Waals surface area contributed by atoms with Crippen LogP contribution in [0.2, 0.25) is 0 Å². The van der Waals surface area contributed by atoms with Crippen LogP contribution >= 0.6 is 0 Å². The van der Waals surface area contributed by atoms with E-state index in [-0.39, 0.29) is 23.8 Å². The Morgan fingerprint density at radius 1 is 1.17 bits per heavy atom. The molecule has 0 radical (unpaired) electrons. The van der Waals surface area contributed by atoms with E-state index in [0.717, 1.165) is 25.9 Å². The number of nitrogens with zero attached hydrogens (tertiary/aromatic N) is 2. The Morgan fingerprint density at radius 3 is 2.43 bits per heavy atom. The third-order valence-electron chi connectivity index (χ3n) is 4.83. The predicted molar refractivity (Wildman–Crippen MR) is 87.3 cm³/mol. The molecule has 0 aliphatic carbocycles. The third kappa shape index (κ3) is 4.94. The van der Waals surface area contributed by atoms with Crippen molar-refractivity contribution < 1.29 is 14.4 Å². The van der Waals surface area contributed by atoms with Crippen LogP contribution in [0.15, 0.2) is 0 Å². The molecule has 2 aliphatic rings. The summed E-state index contributed by atoms with van der Waals surface area (Å²) in [4.78, 5) is 39.3. The average Bonchev–Trinajstić information content (AvgIpc) is 2.56. The van der Waals surface area contributed by atoms with Crippen molar-refractivity contribution in [3.8, 4) is 0 Å². The minimum atomic E-state index is -0.467. The second kappa shape index (κ2) is 6.89. The SMILES string of the molecule is CC(C)(C)CC(=O)N1CCC2CC(=O)N(CC(N)=O)CCC2C1. The summed E-state index contributed by atoms with van der Waals surface area (Å²) in [5, 5.41) is 0. The monoisotopic (exact) mass is 323 g/mol. The van der Waals surface area contributed by atoms with Crippen LogP contribution in [0.25, 0.3) is 0 Å². The van der Waals surface area contributed by atoms with Gasteiger partial charge in [-0.3, -0.25) is 14.4 Å². The Balaban J connectivity index is 1.97. The molecule has 130 valence electrons. The summed E-state index contributed by atoms with van der Waals surface area (Å²) in [5.74, 6) is 0.421. The molecule has 2 saturated heterocycles. The molecular weight excluding hydrogens is 294 g/mol. The second-order valence-corrected chi connectivity index (χ2v) is 8.16. The van der Waals surface area contributed by atoms with Crippen LogP contribution in [0.3, 0.4) is 0 Å². The summed E-state index contributed by atoms with van der Waals surface area (Å²) in [7, 11) is 0. The second-order valence-electron chi connectivity index (χ2n) is 8.16. The number of fused-ring (bicyclic) bond motifs is 1. The van der Waals surface area contributed by atoms with E-state index in [2.05, 4.69) is 20.8 Å². The van der Waals surface area contributed by atoms with Gasteiger partial charge in [-0.25, -0.2) is 0 Å². The first-order valence-corrected chi connectivity index (χ1v) is 8.49. The maximum absolute atomic E-state index is 12.4. The summed E-state index contributed by atoms with van der Waals surface area (Å²) in [6.07, 6.45) is 2.73. The lowest BCUT2D eigenvalue weighted by Crippen LogP contribution is -2.44. The molecule has 2 heterocycles. The van der Waals surface area contributed by atoms with Gasteiger partial charge in [-0.15, -0.1) is 0 Å². The molecule has 0 bridgehead atoms. The van der Waals surface area contributed by atoms with Gasteiger partial charge in [0.2, 0.25) is 17.7 Å². The zero-order chi connectivity index (χ0) is 17.2. The Labute approximate surface area is 138 Å². The summed E-state index contributed by atoms with van der Waals surface area (Å²) >= 11 is 0. The Morgan fingerprint density at radius 2 is 1.83 bits per heavy atom. The summed E-state index contributed by atoms with van der Waals surface area (Å²) in [6, 6.07) is 0. The quantitative estimate of drug-likeness (QED) is 0.841. The highest BCUT2D eigenvalue weighted by Crippen LogP contribution is 2.33. The first kappa shape index (κ1) is 17.8. The first-order valence-electron chi connectivity index (χ1n) is 8.49. The predicted octanol–water partition coefficient (Wildman–Crippen LogP) is 0.995. The van der Waals surface area contributed by atoms with Gasteiger partial charge in [0.25, 0.3) is 0 Å². The zero-order valence-electron chi connectivity index (χ0n) is 14.5. The molecular formula is C17H29N3O3. The molecule has 2 atom stereocenters. The van der Waals surface area contributed by atoms with Gasteiger partial charge in [-0.05, 0) is 30.1 Å². The fraction of sp³-hybridized carbons (Fsp3) is 0.824. The van der Waals surface area contributed by atoms with Crippen molar-refractivity contribution in [3.05, 3.63) is 0 Å². The summed E-state index contributed by atoms with van der Waals surface area (Å²) in [5.41, 5.74) is 5.21. The molecule has 0 saturated carbocycles. The van der Waals surface area contributed by atoms with Crippen LogP contribution in [-0.4, -0.2) is 53.7 Å². The topological polar surface area (TPSA) is 83.7 Å². The van der Waals surface area contributed by atoms with E-state index in [1.54, 1.807) is 4.90 Å². The Hall–Kier alpha value is -1.59. The van der Waals surface area contributed by atoms with E-state index in [9.17, 15) is 14.4 Å². The lowest BCUT2D eigenvalue weighted by atomic mass is 9.81. The number of primary amides is 1. The standard InChI is InChI=1S/C17H29N3O3/c1-17(2,3)9-16(23)19-6-4-12-8-15(22)20(11-14(18)21)7-5-13(12)10-19/h12-13H,4-11H2,1-3H3,(H2,18,21). The number of carbonyl (C=O) groups is 3. The zero-order valence-corrected chi connectivity index (χ0v) is 14.5. The number of hydrogen-bond donors (Lipinski definition) is 1. The van der Waals surface area contributed by atoms with E-state index in [1.807, 2.05) is 4.90 Å². The van der Waals surface area contributed by atoms with Crippen LogP contribution < -0.4 is 5.73 Å². The molecule has 2 aliphatic heterocycles. The van der Waals surface area contributed by atoms with Crippen LogP contribution in [0.4, 0.5) is 0 Å². The average molecular weight is 323 g/mol. The van der Waals surface area contributed by atoms with Gasteiger partial charge < -0.3 is 15.5 Å². The molecule has 6 nitrogen and oxygen atoms in total.